The summed E-state index contributed by atoms with van der Waals surface area (Å²) >= 11 is 0. The van der Waals surface area contributed by atoms with Crippen LogP contribution in [0.1, 0.15) is 34.1 Å². The topological polar surface area (TPSA) is 40.5 Å². The van der Waals surface area contributed by atoms with Crippen LogP contribution in [-0.4, -0.2) is 22.4 Å². The Bertz CT molecular complexity index is 102. The first kappa shape index (κ1) is 10.9. The maximum absolute atomic E-state index is 9.54. The van der Waals surface area contributed by atoms with Crippen LogP contribution in [0.5, 0.6) is 0 Å². The Labute approximate surface area is 69.2 Å². The molecule has 0 radical (unpaired) electrons. The summed E-state index contributed by atoms with van der Waals surface area (Å²) in [5.74, 6) is 0.214. The van der Waals surface area contributed by atoms with E-state index in [2.05, 4.69) is 0 Å². The summed E-state index contributed by atoms with van der Waals surface area (Å²) in [5.41, 5.74) is 0. The Morgan fingerprint density at radius 1 is 1.09 bits per heavy atom. The van der Waals surface area contributed by atoms with Gasteiger partial charge in [-0.15, -0.1) is 0 Å². The molecule has 0 aliphatic heterocycles. The van der Waals surface area contributed by atoms with Crippen molar-refractivity contribution in [2.45, 2.75) is 46.3 Å². The molecule has 0 aromatic carbocycles. The summed E-state index contributed by atoms with van der Waals surface area (Å²) in [6.45, 7) is 7.74. The average Bonchev–Trinajstić information content (AvgIpc) is 2.00. The molecule has 0 heterocycles. The van der Waals surface area contributed by atoms with Crippen LogP contribution in [0.3, 0.4) is 0 Å². The molecular formula is C9H20O2. The van der Waals surface area contributed by atoms with Crippen molar-refractivity contribution < 1.29 is 10.2 Å². The van der Waals surface area contributed by atoms with Crippen LogP contribution in [0.2, 0.25) is 0 Å². The molecule has 2 N–H and O–H groups in total. The highest BCUT2D eigenvalue weighted by Crippen LogP contribution is 2.17. The second-order valence-corrected chi connectivity index (χ2v) is 3.57. The van der Waals surface area contributed by atoms with Gasteiger partial charge in [-0.3, -0.25) is 0 Å². The van der Waals surface area contributed by atoms with Gasteiger partial charge in [-0.1, -0.05) is 27.7 Å². The minimum Gasteiger partial charge on any atom is -0.393 e. The van der Waals surface area contributed by atoms with E-state index in [1.54, 1.807) is 0 Å². The SMILES string of the molecule is CC[C@@H](O)[C@@H](C)[C@H](O)C(C)C. The molecule has 11 heavy (non-hydrogen) atoms. The van der Waals surface area contributed by atoms with Gasteiger partial charge in [0, 0.05) is 5.92 Å². The molecule has 0 spiro atoms. The maximum atomic E-state index is 9.54. The predicted octanol–water partition coefficient (Wildman–Crippen LogP) is 1.41. The number of rotatable bonds is 4. The van der Waals surface area contributed by atoms with Crippen LogP contribution in [-0.2, 0) is 0 Å². The van der Waals surface area contributed by atoms with Crippen LogP contribution in [0.25, 0.3) is 0 Å². The minimum atomic E-state index is -0.384. The van der Waals surface area contributed by atoms with Crippen molar-refractivity contribution in [3.63, 3.8) is 0 Å². The Morgan fingerprint density at radius 3 is 1.82 bits per heavy atom. The van der Waals surface area contributed by atoms with Gasteiger partial charge in [0.25, 0.3) is 0 Å². The van der Waals surface area contributed by atoms with E-state index in [1.165, 1.54) is 0 Å². The Balaban J connectivity index is 3.90. The third kappa shape index (κ3) is 3.21. The minimum absolute atomic E-state index is 0.0139. The van der Waals surface area contributed by atoms with Crippen molar-refractivity contribution in [2.75, 3.05) is 0 Å². The summed E-state index contributed by atoms with van der Waals surface area (Å²) in [5, 5.41) is 18.9. The first-order chi connectivity index (χ1) is 5.00. The van der Waals surface area contributed by atoms with E-state index in [9.17, 15) is 10.2 Å². The lowest BCUT2D eigenvalue weighted by Crippen LogP contribution is -2.32. The quantitative estimate of drug-likeness (QED) is 0.653. The molecule has 0 saturated carbocycles. The summed E-state index contributed by atoms with van der Waals surface area (Å²) in [7, 11) is 0. The highest BCUT2D eigenvalue weighted by atomic mass is 16.3. The number of hydrogen-bond acceptors (Lipinski definition) is 2. The van der Waals surface area contributed by atoms with Crippen LogP contribution in [0.4, 0.5) is 0 Å². The van der Waals surface area contributed by atoms with Gasteiger partial charge in [-0.05, 0) is 12.3 Å². The molecule has 0 fully saturated rings. The molecule has 0 bridgehead atoms. The fraction of sp³-hybridized carbons (Fsp3) is 1.00. The molecule has 0 aliphatic carbocycles. The normalized spacial score (nSPS) is 19.9. The van der Waals surface area contributed by atoms with Gasteiger partial charge in [-0.25, -0.2) is 0 Å². The molecule has 0 aromatic rings. The Kier molecular flexibility index (Phi) is 4.69. The molecule has 0 rings (SSSR count). The van der Waals surface area contributed by atoms with Crippen molar-refractivity contribution in [1.29, 1.82) is 0 Å². The first-order valence-electron chi connectivity index (χ1n) is 4.36. The number of hydrogen-bond donors (Lipinski definition) is 2. The van der Waals surface area contributed by atoms with Crippen molar-refractivity contribution in [3.05, 3.63) is 0 Å². The second-order valence-electron chi connectivity index (χ2n) is 3.57. The molecule has 0 aromatic heterocycles. The van der Waals surface area contributed by atoms with E-state index < -0.39 is 0 Å². The molecule has 68 valence electrons. The molecular weight excluding hydrogens is 140 g/mol. The fourth-order valence-corrected chi connectivity index (χ4v) is 1.21. The van der Waals surface area contributed by atoms with Gasteiger partial charge < -0.3 is 10.2 Å². The lowest BCUT2D eigenvalue weighted by molar-refractivity contribution is -0.00322. The van der Waals surface area contributed by atoms with Crippen molar-refractivity contribution in [1.82, 2.24) is 0 Å². The largest absolute Gasteiger partial charge is 0.393 e. The molecule has 0 amide bonds. The van der Waals surface area contributed by atoms with Crippen molar-refractivity contribution >= 4 is 0 Å². The number of aliphatic hydroxyl groups is 2. The van der Waals surface area contributed by atoms with Gasteiger partial charge in [-0.2, -0.15) is 0 Å². The van der Waals surface area contributed by atoms with Crippen molar-refractivity contribution in [2.24, 2.45) is 11.8 Å². The standard InChI is InChI=1S/C9H20O2/c1-5-8(10)7(4)9(11)6(2)3/h6-11H,5H2,1-4H3/t7-,8-,9-/m1/s1. The first-order valence-corrected chi connectivity index (χ1v) is 4.36. The maximum Gasteiger partial charge on any atom is 0.0613 e. The van der Waals surface area contributed by atoms with Gasteiger partial charge in [0.05, 0.1) is 12.2 Å². The van der Waals surface area contributed by atoms with E-state index >= 15 is 0 Å². The molecule has 2 nitrogen and oxygen atoms in total. The number of aliphatic hydroxyl groups excluding tert-OH is 2. The summed E-state index contributed by atoms with van der Waals surface area (Å²) in [6.07, 6.45) is -0.0392. The Hall–Kier alpha value is -0.0800. The molecule has 2 heteroatoms. The zero-order valence-electron chi connectivity index (χ0n) is 7.91. The van der Waals surface area contributed by atoms with Crippen LogP contribution < -0.4 is 0 Å². The van der Waals surface area contributed by atoms with E-state index in [-0.39, 0.29) is 24.0 Å². The van der Waals surface area contributed by atoms with E-state index in [4.69, 9.17) is 0 Å². The van der Waals surface area contributed by atoms with E-state index in [0.29, 0.717) is 6.42 Å². The summed E-state index contributed by atoms with van der Waals surface area (Å²) in [4.78, 5) is 0. The lowest BCUT2D eigenvalue weighted by atomic mass is 9.89. The zero-order valence-corrected chi connectivity index (χ0v) is 7.91. The summed E-state index contributed by atoms with van der Waals surface area (Å²) < 4.78 is 0. The molecule has 0 aliphatic rings. The third-order valence-electron chi connectivity index (χ3n) is 2.25. The Morgan fingerprint density at radius 2 is 1.55 bits per heavy atom. The zero-order chi connectivity index (χ0) is 9.02. The highest BCUT2D eigenvalue weighted by molar-refractivity contribution is 4.73. The average molecular weight is 160 g/mol. The predicted molar refractivity (Wildman–Crippen MR) is 46.3 cm³/mol. The third-order valence-corrected chi connectivity index (χ3v) is 2.25. The fourth-order valence-electron chi connectivity index (χ4n) is 1.21. The van der Waals surface area contributed by atoms with Gasteiger partial charge >= 0.3 is 0 Å². The monoisotopic (exact) mass is 160 g/mol. The van der Waals surface area contributed by atoms with Gasteiger partial charge in [0.15, 0.2) is 0 Å². The van der Waals surface area contributed by atoms with Crippen LogP contribution in [0, 0.1) is 11.8 Å². The molecule has 3 atom stereocenters. The van der Waals surface area contributed by atoms with Crippen LogP contribution in [0.15, 0.2) is 0 Å². The lowest BCUT2D eigenvalue weighted by Gasteiger charge is -2.25. The molecule has 0 saturated heterocycles. The van der Waals surface area contributed by atoms with Crippen molar-refractivity contribution in [3.8, 4) is 0 Å². The smallest absolute Gasteiger partial charge is 0.0613 e. The van der Waals surface area contributed by atoms with Crippen LogP contribution >= 0.6 is 0 Å². The van der Waals surface area contributed by atoms with Gasteiger partial charge in [0.1, 0.15) is 0 Å². The van der Waals surface area contributed by atoms with Gasteiger partial charge in [0.2, 0.25) is 0 Å². The molecule has 0 unspecified atom stereocenters. The summed E-state index contributed by atoms with van der Waals surface area (Å²) in [6, 6.07) is 0. The highest BCUT2D eigenvalue weighted by Gasteiger charge is 2.23. The van der Waals surface area contributed by atoms with E-state index in [0.717, 1.165) is 0 Å². The van der Waals surface area contributed by atoms with E-state index in [1.807, 2.05) is 27.7 Å². The second kappa shape index (κ2) is 4.73.